The van der Waals surface area contributed by atoms with E-state index in [0.717, 1.165) is 44.9 Å². The Morgan fingerprint density at radius 1 is 1.05 bits per heavy atom. The molecule has 0 radical (unpaired) electrons. The lowest BCUT2D eigenvalue weighted by molar-refractivity contribution is -0.288. The van der Waals surface area contributed by atoms with Gasteiger partial charge in [0.05, 0.1) is 43.2 Å². The van der Waals surface area contributed by atoms with Gasteiger partial charge in [-0.05, 0) is 101 Å². The van der Waals surface area contributed by atoms with Gasteiger partial charge in [0.1, 0.15) is 6.10 Å². The van der Waals surface area contributed by atoms with Crippen LogP contribution in [-0.2, 0) is 28.5 Å². The molecule has 242 valence electrons. The summed E-state index contributed by atoms with van der Waals surface area (Å²) in [6.07, 6.45) is 6.94. The molecule has 3 N–H and O–H groups in total. The number of methoxy groups -OCH3 is 1. The average Bonchev–Trinajstić information content (AvgIpc) is 3.25. The minimum Gasteiger partial charge on any atom is -0.493 e. The van der Waals surface area contributed by atoms with E-state index in [9.17, 15) is 20.1 Å². The Hall–Kier alpha value is -1.33. The predicted octanol–water partition coefficient (Wildman–Crippen LogP) is 4.17. The number of carbonyl (C=O) groups excluding carboxylic acids is 1. The number of hydrogen-bond acceptors (Lipinski definition) is 9. The molecule has 6 aliphatic rings. The molecular weight excluding hydrogens is 552 g/mol. The average molecular weight is 605 g/mol. The van der Waals surface area contributed by atoms with Crippen LogP contribution in [0.5, 0.6) is 0 Å². The molecule has 9 nitrogen and oxygen atoms in total. The van der Waals surface area contributed by atoms with E-state index < -0.39 is 42.6 Å². The van der Waals surface area contributed by atoms with Crippen molar-refractivity contribution < 1.29 is 43.8 Å². The number of aliphatic hydroxyl groups excluding tert-OH is 2. The minimum atomic E-state index is -0.994. The van der Waals surface area contributed by atoms with Crippen molar-refractivity contribution >= 4 is 5.78 Å². The maximum Gasteiger partial charge on any atom is 0.252 e. The number of aliphatic hydroxyl groups is 3. The van der Waals surface area contributed by atoms with Crippen molar-refractivity contribution in [1.82, 2.24) is 0 Å². The van der Waals surface area contributed by atoms with E-state index in [2.05, 4.69) is 19.9 Å². The summed E-state index contributed by atoms with van der Waals surface area (Å²) in [5.74, 6) is 1.48. The highest BCUT2D eigenvalue weighted by Crippen LogP contribution is 2.68. The number of rotatable bonds is 6. The van der Waals surface area contributed by atoms with Crippen LogP contribution in [0.4, 0.5) is 0 Å². The fourth-order valence-electron chi connectivity index (χ4n) is 10.1. The van der Waals surface area contributed by atoms with Crippen LogP contribution in [0.2, 0.25) is 0 Å². The molecule has 0 spiro atoms. The fourth-order valence-corrected chi connectivity index (χ4v) is 10.1. The van der Waals surface area contributed by atoms with Gasteiger partial charge in [0.15, 0.2) is 12.0 Å². The number of allylic oxidation sites excluding steroid dienone is 1. The molecule has 0 aromatic carbocycles. The number of ketones is 1. The van der Waals surface area contributed by atoms with Crippen LogP contribution in [0.1, 0.15) is 92.4 Å². The molecule has 0 aromatic heterocycles. The summed E-state index contributed by atoms with van der Waals surface area (Å²) in [4.78, 5) is 12.8. The van der Waals surface area contributed by atoms with Gasteiger partial charge < -0.3 is 39.0 Å². The summed E-state index contributed by atoms with van der Waals surface area (Å²) in [6.45, 7) is 10.3. The zero-order valence-corrected chi connectivity index (χ0v) is 26.7. The first-order valence-corrected chi connectivity index (χ1v) is 16.5. The fraction of sp³-hybridized carbons (Fsp3) is 0.853. The van der Waals surface area contributed by atoms with Crippen LogP contribution >= 0.6 is 0 Å². The smallest absolute Gasteiger partial charge is 0.252 e. The molecule has 0 aromatic rings. The van der Waals surface area contributed by atoms with Crippen molar-refractivity contribution in [2.24, 2.45) is 28.6 Å². The largest absolute Gasteiger partial charge is 0.493 e. The first-order valence-electron chi connectivity index (χ1n) is 16.5. The third-order valence-electron chi connectivity index (χ3n) is 12.7. The van der Waals surface area contributed by atoms with Crippen LogP contribution in [0.3, 0.4) is 0 Å². The maximum atomic E-state index is 12.8. The molecule has 43 heavy (non-hydrogen) atoms. The number of carbonyl (C=O) groups is 1. The van der Waals surface area contributed by atoms with E-state index in [0.29, 0.717) is 29.9 Å². The van der Waals surface area contributed by atoms with Gasteiger partial charge in [0, 0.05) is 11.8 Å². The number of Topliss-reactive ketones (excluding diaryl/α,β-unsaturated/α-hetero) is 1. The summed E-state index contributed by atoms with van der Waals surface area (Å²) < 4.78 is 29.5. The zero-order valence-electron chi connectivity index (χ0n) is 26.7. The molecular formula is C34H52O9. The highest BCUT2D eigenvalue weighted by atomic mass is 16.7. The summed E-state index contributed by atoms with van der Waals surface area (Å²) >= 11 is 0. The SMILES string of the molecule is COC1=C[C@@H](C)O[C@@H](O[C@H]2CC[C@@]3(C)C(=CC[C@H]4[C@H]5CC[C@](O)([C@H](C)O[C@H]6C[C@@H](O)[C@H](O)[C@@H](C)O6)[C@@]5(C)CC[C@@H]43)C2)C1=O. The lowest BCUT2D eigenvalue weighted by Gasteiger charge is -2.59. The normalized spacial score (nSPS) is 50.6. The third kappa shape index (κ3) is 5.15. The van der Waals surface area contributed by atoms with Crippen LogP contribution in [-0.4, -0.2) is 83.0 Å². The second-order valence-corrected chi connectivity index (χ2v) is 14.8. The number of hydrogen-bond donors (Lipinski definition) is 3. The van der Waals surface area contributed by atoms with Gasteiger partial charge in [0.2, 0.25) is 6.29 Å². The minimum absolute atomic E-state index is 0.0685. The van der Waals surface area contributed by atoms with E-state index >= 15 is 0 Å². The zero-order chi connectivity index (χ0) is 30.9. The molecule has 3 saturated carbocycles. The molecule has 9 heteroatoms. The monoisotopic (exact) mass is 604 g/mol. The second-order valence-electron chi connectivity index (χ2n) is 14.8. The van der Waals surface area contributed by atoms with Crippen molar-refractivity contribution in [2.45, 2.75) is 147 Å². The first kappa shape index (κ1) is 31.6. The van der Waals surface area contributed by atoms with Gasteiger partial charge >= 0.3 is 0 Å². The summed E-state index contributed by atoms with van der Waals surface area (Å²) in [5, 5.41) is 32.7. The van der Waals surface area contributed by atoms with Crippen LogP contribution < -0.4 is 0 Å². The molecule has 2 heterocycles. The Kier molecular flexibility index (Phi) is 8.45. The quantitative estimate of drug-likeness (QED) is 0.383. The Morgan fingerprint density at radius 3 is 2.51 bits per heavy atom. The standard InChI is InChI=1S/C34H52O9/c1-18-15-27(39-6)30(37)31(40-18)43-22-9-12-32(4)21(16-22)7-8-23-24(32)10-13-33(5)25(23)11-14-34(33,38)20(3)42-28-17-26(35)29(36)19(2)41-28/h7,15,18-20,22-26,28-29,31,35-36,38H,8-14,16-17H2,1-6H3/t18-,19-,20+,22+,23-,24+,25-,26-,28+,29-,31+,32+,33+,34+/m1/s1. The number of fused-ring (bicyclic) bond motifs is 5. The molecule has 0 amide bonds. The molecule has 1 saturated heterocycles. The Balaban J connectivity index is 1.14. The highest BCUT2D eigenvalue weighted by molar-refractivity contribution is 5.96. The van der Waals surface area contributed by atoms with Crippen molar-refractivity contribution in [2.75, 3.05) is 7.11 Å². The van der Waals surface area contributed by atoms with Gasteiger partial charge in [-0.1, -0.05) is 25.5 Å². The van der Waals surface area contributed by atoms with E-state index in [1.807, 2.05) is 13.8 Å². The molecule has 6 rings (SSSR count). The van der Waals surface area contributed by atoms with E-state index in [1.165, 1.54) is 12.7 Å². The van der Waals surface area contributed by atoms with Gasteiger partial charge in [-0.3, -0.25) is 4.79 Å². The van der Waals surface area contributed by atoms with Gasteiger partial charge in [-0.25, -0.2) is 0 Å². The summed E-state index contributed by atoms with van der Waals surface area (Å²) in [6, 6.07) is 0. The lowest BCUT2D eigenvalue weighted by Crippen LogP contribution is -2.59. The van der Waals surface area contributed by atoms with Crippen LogP contribution in [0.15, 0.2) is 23.5 Å². The van der Waals surface area contributed by atoms with Crippen molar-refractivity contribution in [3.8, 4) is 0 Å². The molecule has 14 atom stereocenters. The van der Waals surface area contributed by atoms with Crippen LogP contribution in [0, 0.1) is 28.6 Å². The lowest BCUT2D eigenvalue weighted by atomic mass is 9.46. The summed E-state index contributed by atoms with van der Waals surface area (Å²) in [5.41, 5.74) is 0.252. The second kappa shape index (κ2) is 11.5. The third-order valence-corrected chi connectivity index (χ3v) is 12.7. The summed E-state index contributed by atoms with van der Waals surface area (Å²) in [7, 11) is 1.51. The van der Waals surface area contributed by atoms with Gasteiger partial charge in [0.25, 0.3) is 5.78 Å². The molecule has 4 aliphatic carbocycles. The topological polar surface area (TPSA) is 124 Å². The molecule has 0 bridgehead atoms. The Morgan fingerprint density at radius 2 is 1.79 bits per heavy atom. The van der Waals surface area contributed by atoms with Crippen molar-refractivity contribution in [3.63, 3.8) is 0 Å². The molecule has 2 aliphatic heterocycles. The molecule has 0 unspecified atom stereocenters. The van der Waals surface area contributed by atoms with Gasteiger partial charge in [-0.2, -0.15) is 0 Å². The van der Waals surface area contributed by atoms with Crippen molar-refractivity contribution in [3.05, 3.63) is 23.5 Å². The Labute approximate surface area is 255 Å². The van der Waals surface area contributed by atoms with Gasteiger partial charge in [-0.15, -0.1) is 0 Å². The number of ether oxygens (including phenoxy) is 5. The first-order chi connectivity index (χ1) is 20.3. The van der Waals surface area contributed by atoms with Crippen LogP contribution in [0.25, 0.3) is 0 Å². The molecule has 4 fully saturated rings. The van der Waals surface area contributed by atoms with E-state index in [4.69, 9.17) is 23.7 Å². The van der Waals surface area contributed by atoms with E-state index in [-0.39, 0.29) is 35.2 Å². The highest BCUT2D eigenvalue weighted by Gasteiger charge is 2.65. The predicted molar refractivity (Wildman–Crippen MR) is 157 cm³/mol. The Bertz CT molecular complexity index is 1120. The van der Waals surface area contributed by atoms with Crippen molar-refractivity contribution in [1.29, 1.82) is 0 Å². The van der Waals surface area contributed by atoms with E-state index in [1.54, 1.807) is 13.0 Å². The maximum absolute atomic E-state index is 12.8.